The fraction of sp³-hybridized carbons (Fsp3) is 0.261. The Bertz CT molecular complexity index is 1220. The van der Waals surface area contributed by atoms with E-state index in [-0.39, 0.29) is 45.6 Å². The SMILES string of the molecule is CNC(=O)CNOCc1cccc(Nc2sc(-c3c(F)cc(C(C)(C)O)cc3F)cc2C(N)=O)n1. The Hall–Kier alpha value is -3.45. The molecular weight excluding hydrogens is 480 g/mol. The molecule has 2 amide bonds. The van der Waals surface area contributed by atoms with Crippen molar-refractivity contribution in [1.82, 2.24) is 15.8 Å². The van der Waals surface area contributed by atoms with Gasteiger partial charge in [-0.15, -0.1) is 11.3 Å². The van der Waals surface area contributed by atoms with E-state index in [1.165, 1.54) is 27.0 Å². The Labute approximate surface area is 204 Å². The summed E-state index contributed by atoms with van der Waals surface area (Å²) < 4.78 is 29.7. The zero-order valence-corrected chi connectivity index (χ0v) is 20.1. The molecule has 2 aromatic heterocycles. The monoisotopic (exact) mass is 505 g/mol. The van der Waals surface area contributed by atoms with Crippen LogP contribution in [0.25, 0.3) is 10.4 Å². The van der Waals surface area contributed by atoms with Crippen LogP contribution in [-0.2, 0) is 21.8 Å². The van der Waals surface area contributed by atoms with Crippen LogP contribution in [0.2, 0.25) is 0 Å². The molecule has 1 aromatic carbocycles. The van der Waals surface area contributed by atoms with E-state index in [1.54, 1.807) is 18.2 Å². The molecule has 0 aliphatic carbocycles. The van der Waals surface area contributed by atoms with Crippen molar-refractivity contribution in [1.29, 1.82) is 0 Å². The molecular formula is C23H25F2N5O4S. The Kier molecular flexibility index (Phi) is 8.12. The van der Waals surface area contributed by atoms with Gasteiger partial charge in [-0.1, -0.05) is 6.07 Å². The van der Waals surface area contributed by atoms with E-state index in [2.05, 4.69) is 21.1 Å². The Morgan fingerprint density at radius 2 is 1.89 bits per heavy atom. The maximum Gasteiger partial charge on any atom is 0.251 e. The minimum atomic E-state index is -1.43. The van der Waals surface area contributed by atoms with Crippen molar-refractivity contribution >= 4 is 34.0 Å². The van der Waals surface area contributed by atoms with Gasteiger partial charge in [0.05, 0.1) is 29.0 Å². The van der Waals surface area contributed by atoms with Gasteiger partial charge in [-0.2, -0.15) is 5.48 Å². The molecule has 0 fully saturated rings. The highest BCUT2D eigenvalue weighted by Crippen LogP contribution is 2.40. The highest BCUT2D eigenvalue weighted by Gasteiger charge is 2.24. The molecule has 0 spiro atoms. The molecule has 0 atom stereocenters. The van der Waals surface area contributed by atoms with Crippen molar-refractivity contribution in [2.24, 2.45) is 5.73 Å². The Morgan fingerprint density at radius 1 is 1.20 bits per heavy atom. The number of carbonyl (C=O) groups excluding carboxylic acids is 2. The summed E-state index contributed by atoms with van der Waals surface area (Å²) in [6, 6.07) is 8.43. The molecule has 186 valence electrons. The minimum absolute atomic E-state index is 0.0295. The molecule has 0 saturated heterocycles. The predicted octanol–water partition coefficient (Wildman–Crippen LogP) is 2.93. The van der Waals surface area contributed by atoms with E-state index < -0.39 is 23.1 Å². The van der Waals surface area contributed by atoms with Crippen LogP contribution < -0.4 is 21.8 Å². The molecule has 0 aliphatic heterocycles. The van der Waals surface area contributed by atoms with Gasteiger partial charge in [0.2, 0.25) is 5.91 Å². The number of hydrogen-bond donors (Lipinski definition) is 5. The molecule has 12 heteroatoms. The number of nitrogens with one attached hydrogen (secondary N) is 3. The van der Waals surface area contributed by atoms with Crippen molar-refractivity contribution in [2.45, 2.75) is 26.1 Å². The Morgan fingerprint density at radius 3 is 2.49 bits per heavy atom. The maximum atomic E-state index is 14.8. The lowest BCUT2D eigenvalue weighted by molar-refractivity contribution is -0.122. The average molecular weight is 506 g/mol. The number of aliphatic hydroxyl groups is 1. The molecule has 0 bridgehead atoms. The first-order chi connectivity index (χ1) is 16.5. The van der Waals surface area contributed by atoms with Gasteiger partial charge in [-0.05, 0) is 49.7 Å². The summed E-state index contributed by atoms with van der Waals surface area (Å²) in [6.45, 7) is 2.86. The van der Waals surface area contributed by atoms with Crippen molar-refractivity contribution in [3.8, 4) is 10.4 Å². The molecule has 2 heterocycles. The fourth-order valence-corrected chi connectivity index (χ4v) is 4.15. The largest absolute Gasteiger partial charge is 0.386 e. The maximum absolute atomic E-state index is 14.8. The highest BCUT2D eigenvalue weighted by atomic mass is 32.1. The van der Waals surface area contributed by atoms with Crippen LogP contribution in [-0.4, -0.2) is 35.5 Å². The molecule has 0 unspecified atom stereocenters. The third-order valence-corrected chi connectivity index (χ3v) is 5.94. The summed E-state index contributed by atoms with van der Waals surface area (Å²) >= 11 is 0.928. The summed E-state index contributed by atoms with van der Waals surface area (Å²) in [7, 11) is 1.50. The van der Waals surface area contributed by atoms with Gasteiger partial charge in [-0.3, -0.25) is 14.4 Å². The van der Waals surface area contributed by atoms with Gasteiger partial charge in [0.25, 0.3) is 5.91 Å². The van der Waals surface area contributed by atoms with Crippen molar-refractivity contribution in [3.63, 3.8) is 0 Å². The van der Waals surface area contributed by atoms with Crippen LogP contribution in [0.3, 0.4) is 0 Å². The number of halogens is 2. The zero-order valence-electron chi connectivity index (χ0n) is 19.2. The summed E-state index contributed by atoms with van der Waals surface area (Å²) in [5.41, 5.74) is 6.85. The summed E-state index contributed by atoms with van der Waals surface area (Å²) in [5, 5.41) is 15.7. The lowest BCUT2D eigenvalue weighted by Crippen LogP contribution is -2.31. The van der Waals surface area contributed by atoms with Gasteiger partial charge in [0, 0.05) is 11.9 Å². The van der Waals surface area contributed by atoms with Crippen molar-refractivity contribution < 1.29 is 28.3 Å². The lowest BCUT2D eigenvalue weighted by Gasteiger charge is -2.18. The second-order valence-electron chi connectivity index (χ2n) is 8.01. The van der Waals surface area contributed by atoms with Crippen LogP contribution in [0.4, 0.5) is 19.6 Å². The molecule has 0 saturated carbocycles. The Balaban J connectivity index is 1.84. The van der Waals surface area contributed by atoms with E-state index in [9.17, 15) is 23.5 Å². The van der Waals surface area contributed by atoms with Gasteiger partial charge in [0.1, 0.15) is 29.1 Å². The first-order valence-corrected chi connectivity index (χ1v) is 11.2. The molecule has 9 nitrogen and oxygen atoms in total. The molecule has 0 radical (unpaired) electrons. The van der Waals surface area contributed by atoms with E-state index in [1.807, 2.05) is 0 Å². The number of hydrogen-bond acceptors (Lipinski definition) is 8. The number of nitrogens with zero attached hydrogens (tertiary/aromatic N) is 1. The number of hydroxylamine groups is 1. The van der Waals surface area contributed by atoms with E-state index in [4.69, 9.17) is 10.6 Å². The fourth-order valence-electron chi connectivity index (χ4n) is 3.03. The topological polar surface area (TPSA) is 139 Å². The molecule has 6 N–H and O–H groups in total. The summed E-state index contributed by atoms with van der Waals surface area (Å²) in [5.74, 6) is -2.46. The van der Waals surface area contributed by atoms with Crippen LogP contribution in [0.5, 0.6) is 0 Å². The summed E-state index contributed by atoms with van der Waals surface area (Å²) in [4.78, 5) is 32.9. The third-order valence-electron chi connectivity index (χ3n) is 4.87. The molecule has 35 heavy (non-hydrogen) atoms. The number of amides is 2. The zero-order chi connectivity index (χ0) is 25.8. The standard InChI is InChI=1S/C23H25F2N5O4S/c1-23(2,33)12-7-15(24)20(16(25)8-12)17-9-14(21(26)32)22(35-17)30-18-6-4-5-13(29-18)11-34-28-10-19(31)27-3/h4-9,28,33H,10-11H2,1-3H3,(H2,26,32)(H,27,31)(H,29,30). The van der Waals surface area contributed by atoms with E-state index >= 15 is 0 Å². The minimum Gasteiger partial charge on any atom is -0.386 e. The number of likely N-dealkylation sites (N-methyl/N-ethyl adjacent to an activating group) is 1. The van der Waals surface area contributed by atoms with E-state index in [0.717, 1.165) is 23.5 Å². The third kappa shape index (κ3) is 6.57. The first kappa shape index (κ1) is 26.2. The molecule has 3 aromatic rings. The highest BCUT2D eigenvalue weighted by molar-refractivity contribution is 7.20. The predicted molar refractivity (Wildman–Crippen MR) is 128 cm³/mol. The van der Waals surface area contributed by atoms with Gasteiger partial charge in [0.15, 0.2) is 0 Å². The normalized spacial score (nSPS) is 11.4. The smallest absolute Gasteiger partial charge is 0.251 e. The number of primary amides is 1. The number of nitrogens with two attached hydrogens (primary N) is 1. The lowest BCUT2D eigenvalue weighted by atomic mass is 9.96. The molecule has 3 rings (SSSR count). The van der Waals surface area contributed by atoms with Crippen LogP contribution in [0.15, 0.2) is 36.4 Å². The quantitative estimate of drug-likeness (QED) is 0.211. The first-order valence-electron chi connectivity index (χ1n) is 10.4. The van der Waals surface area contributed by atoms with Crippen LogP contribution >= 0.6 is 11.3 Å². The second-order valence-corrected chi connectivity index (χ2v) is 9.07. The number of carbonyl (C=O) groups is 2. The summed E-state index contributed by atoms with van der Waals surface area (Å²) in [6.07, 6.45) is 0. The van der Waals surface area contributed by atoms with Crippen LogP contribution in [0.1, 0.15) is 35.5 Å². The van der Waals surface area contributed by atoms with Crippen molar-refractivity contribution in [2.75, 3.05) is 18.9 Å². The van der Waals surface area contributed by atoms with Gasteiger partial charge < -0.3 is 21.5 Å². The number of aromatic nitrogens is 1. The number of pyridine rings is 1. The van der Waals surface area contributed by atoms with Crippen LogP contribution in [0, 0.1) is 11.6 Å². The number of rotatable bonds is 10. The van der Waals surface area contributed by atoms with Gasteiger partial charge in [-0.25, -0.2) is 13.8 Å². The molecule has 0 aliphatic rings. The number of thiophene rings is 1. The average Bonchev–Trinajstić information content (AvgIpc) is 3.19. The van der Waals surface area contributed by atoms with E-state index in [0.29, 0.717) is 11.5 Å². The number of anilines is 2. The number of benzene rings is 1. The second kappa shape index (κ2) is 10.9. The van der Waals surface area contributed by atoms with Crippen molar-refractivity contribution in [3.05, 3.63) is 64.9 Å². The van der Waals surface area contributed by atoms with Gasteiger partial charge >= 0.3 is 0 Å².